The van der Waals surface area contributed by atoms with Gasteiger partial charge in [0.05, 0.1) is 19.3 Å². The summed E-state index contributed by atoms with van der Waals surface area (Å²) in [5.41, 5.74) is 5.09. The predicted octanol–water partition coefficient (Wildman–Crippen LogP) is 2.28. The third-order valence-corrected chi connectivity index (χ3v) is 3.58. The van der Waals surface area contributed by atoms with Crippen molar-refractivity contribution in [1.29, 1.82) is 0 Å². The van der Waals surface area contributed by atoms with Crippen LogP contribution in [0.4, 0.5) is 0 Å². The van der Waals surface area contributed by atoms with E-state index in [1.54, 1.807) is 7.11 Å². The molecule has 0 saturated carbocycles. The summed E-state index contributed by atoms with van der Waals surface area (Å²) < 4.78 is 7.09. The van der Waals surface area contributed by atoms with Gasteiger partial charge >= 0.3 is 0 Å². The van der Waals surface area contributed by atoms with Crippen LogP contribution in [0, 0.1) is 13.8 Å². The van der Waals surface area contributed by atoms with Gasteiger partial charge in [0.15, 0.2) is 0 Å². The van der Waals surface area contributed by atoms with Gasteiger partial charge in [-0.25, -0.2) is 0 Å². The lowest BCUT2D eigenvalue weighted by molar-refractivity contribution is 0.199. The molecule has 1 aromatic carbocycles. The number of ether oxygens (including phenoxy) is 1. The second kappa shape index (κ2) is 7.22. The number of benzene rings is 1. The third-order valence-electron chi connectivity index (χ3n) is 3.58. The van der Waals surface area contributed by atoms with Crippen molar-refractivity contribution < 1.29 is 4.74 Å². The Balaban J connectivity index is 2.00. The zero-order valence-electron chi connectivity index (χ0n) is 12.5. The molecule has 0 aliphatic rings. The van der Waals surface area contributed by atoms with Crippen LogP contribution in [-0.4, -0.2) is 30.0 Å². The molecule has 0 radical (unpaired) electrons. The number of nitrogens with zero attached hydrogens (tertiary/aromatic N) is 2. The first kappa shape index (κ1) is 14.8. The van der Waals surface area contributed by atoms with E-state index in [1.807, 2.05) is 6.20 Å². The Morgan fingerprint density at radius 2 is 2.00 bits per heavy atom. The van der Waals surface area contributed by atoms with Crippen molar-refractivity contribution >= 4 is 0 Å². The Bertz CT molecular complexity index is 548. The molecule has 4 heteroatoms. The summed E-state index contributed by atoms with van der Waals surface area (Å²) >= 11 is 0. The van der Waals surface area contributed by atoms with Gasteiger partial charge in [-0.15, -0.1) is 0 Å². The van der Waals surface area contributed by atoms with Gasteiger partial charge in [-0.3, -0.25) is 4.68 Å². The average molecular weight is 273 g/mol. The maximum absolute atomic E-state index is 5.02. The fourth-order valence-electron chi connectivity index (χ4n) is 2.16. The van der Waals surface area contributed by atoms with Gasteiger partial charge in [-0.2, -0.15) is 5.10 Å². The highest BCUT2D eigenvalue weighted by molar-refractivity contribution is 5.26. The largest absolute Gasteiger partial charge is 0.383 e. The first-order valence-corrected chi connectivity index (χ1v) is 6.98. The molecule has 1 N–H and O–H groups in total. The standard InChI is InChI=1S/C16H23N3O/c1-13-6-4-5-7-15(13)12-19-14(2)16(11-18-19)10-17-8-9-20-3/h4-7,11,17H,8-10,12H2,1-3H3. The first-order chi connectivity index (χ1) is 9.72. The van der Waals surface area contributed by atoms with Gasteiger partial charge < -0.3 is 10.1 Å². The molecule has 2 aromatic rings. The number of aromatic nitrogens is 2. The molecule has 0 unspecified atom stereocenters. The quantitative estimate of drug-likeness (QED) is 0.787. The lowest BCUT2D eigenvalue weighted by Gasteiger charge is -2.09. The first-order valence-electron chi connectivity index (χ1n) is 6.98. The molecule has 0 saturated heterocycles. The SMILES string of the molecule is COCCNCc1cnn(Cc2ccccc2C)c1C. The predicted molar refractivity (Wildman–Crippen MR) is 80.8 cm³/mol. The summed E-state index contributed by atoms with van der Waals surface area (Å²) in [6.45, 7) is 7.52. The van der Waals surface area contributed by atoms with Crippen molar-refractivity contribution in [2.45, 2.75) is 26.9 Å². The molecule has 2 rings (SSSR count). The van der Waals surface area contributed by atoms with E-state index in [2.05, 4.69) is 53.2 Å². The lowest BCUT2D eigenvalue weighted by atomic mass is 10.1. The molecule has 0 aliphatic carbocycles. The van der Waals surface area contributed by atoms with Crippen LogP contribution >= 0.6 is 0 Å². The summed E-state index contributed by atoms with van der Waals surface area (Å²) in [7, 11) is 1.72. The highest BCUT2D eigenvalue weighted by atomic mass is 16.5. The zero-order chi connectivity index (χ0) is 14.4. The molecule has 0 atom stereocenters. The van der Waals surface area contributed by atoms with Crippen LogP contribution in [0.3, 0.4) is 0 Å². The van der Waals surface area contributed by atoms with Crippen molar-refractivity contribution in [3.8, 4) is 0 Å². The molecule has 1 heterocycles. The van der Waals surface area contributed by atoms with Gasteiger partial charge in [0.1, 0.15) is 0 Å². The molecule has 0 bridgehead atoms. The van der Waals surface area contributed by atoms with Gasteiger partial charge in [-0.1, -0.05) is 24.3 Å². The van der Waals surface area contributed by atoms with Crippen LogP contribution in [-0.2, 0) is 17.8 Å². The Morgan fingerprint density at radius 1 is 1.20 bits per heavy atom. The Kier molecular flexibility index (Phi) is 5.32. The minimum absolute atomic E-state index is 0.733. The summed E-state index contributed by atoms with van der Waals surface area (Å²) in [5.74, 6) is 0. The van der Waals surface area contributed by atoms with Gasteiger partial charge in [-0.05, 0) is 25.0 Å². The van der Waals surface area contributed by atoms with Crippen molar-refractivity contribution in [2.24, 2.45) is 0 Å². The van der Waals surface area contributed by atoms with Crippen molar-refractivity contribution in [1.82, 2.24) is 15.1 Å². The van der Waals surface area contributed by atoms with E-state index in [0.29, 0.717) is 0 Å². The van der Waals surface area contributed by atoms with Crippen LogP contribution in [0.2, 0.25) is 0 Å². The number of hydrogen-bond donors (Lipinski definition) is 1. The van der Waals surface area contributed by atoms with Crippen LogP contribution < -0.4 is 5.32 Å². The Labute approximate surface area is 120 Å². The average Bonchev–Trinajstić information content (AvgIpc) is 2.79. The van der Waals surface area contributed by atoms with Crippen LogP contribution in [0.5, 0.6) is 0 Å². The normalized spacial score (nSPS) is 10.9. The molecular formula is C16H23N3O. The van der Waals surface area contributed by atoms with Gasteiger partial charge in [0.2, 0.25) is 0 Å². The Hall–Kier alpha value is -1.65. The number of methoxy groups -OCH3 is 1. The topological polar surface area (TPSA) is 39.1 Å². The maximum Gasteiger partial charge on any atom is 0.0665 e. The fraction of sp³-hybridized carbons (Fsp3) is 0.438. The number of hydrogen-bond acceptors (Lipinski definition) is 3. The van der Waals surface area contributed by atoms with E-state index in [1.165, 1.54) is 22.4 Å². The van der Waals surface area contributed by atoms with Crippen molar-refractivity contribution in [3.05, 3.63) is 52.8 Å². The van der Waals surface area contributed by atoms with Crippen LogP contribution in [0.25, 0.3) is 0 Å². The zero-order valence-corrected chi connectivity index (χ0v) is 12.5. The molecule has 4 nitrogen and oxygen atoms in total. The van der Waals surface area contributed by atoms with E-state index in [-0.39, 0.29) is 0 Å². The summed E-state index contributed by atoms with van der Waals surface area (Å²) in [4.78, 5) is 0. The van der Waals surface area contributed by atoms with E-state index < -0.39 is 0 Å². The highest BCUT2D eigenvalue weighted by Gasteiger charge is 2.07. The van der Waals surface area contributed by atoms with E-state index in [4.69, 9.17) is 4.74 Å². The van der Waals surface area contributed by atoms with E-state index in [9.17, 15) is 0 Å². The van der Waals surface area contributed by atoms with Crippen LogP contribution in [0.15, 0.2) is 30.5 Å². The second-order valence-corrected chi connectivity index (χ2v) is 5.01. The summed E-state index contributed by atoms with van der Waals surface area (Å²) in [6, 6.07) is 8.45. The molecule has 0 spiro atoms. The highest BCUT2D eigenvalue weighted by Crippen LogP contribution is 2.12. The molecule has 20 heavy (non-hydrogen) atoms. The maximum atomic E-state index is 5.02. The molecule has 0 amide bonds. The Morgan fingerprint density at radius 3 is 2.75 bits per heavy atom. The lowest BCUT2D eigenvalue weighted by Crippen LogP contribution is -2.19. The fourth-order valence-corrected chi connectivity index (χ4v) is 2.16. The monoisotopic (exact) mass is 273 g/mol. The number of nitrogens with one attached hydrogen (secondary N) is 1. The second-order valence-electron chi connectivity index (χ2n) is 5.01. The van der Waals surface area contributed by atoms with Crippen molar-refractivity contribution in [2.75, 3.05) is 20.3 Å². The third kappa shape index (κ3) is 3.68. The van der Waals surface area contributed by atoms with Gasteiger partial charge in [0.25, 0.3) is 0 Å². The number of aryl methyl sites for hydroxylation is 1. The minimum atomic E-state index is 0.733. The smallest absolute Gasteiger partial charge is 0.0665 e. The molecule has 108 valence electrons. The van der Waals surface area contributed by atoms with Gasteiger partial charge in [0, 0.05) is 31.5 Å². The molecule has 0 aliphatic heterocycles. The van der Waals surface area contributed by atoms with E-state index >= 15 is 0 Å². The summed E-state index contributed by atoms with van der Waals surface area (Å²) in [6.07, 6.45) is 1.95. The minimum Gasteiger partial charge on any atom is -0.383 e. The molecular weight excluding hydrogens is 250 g/mol. The molecule has 1 aromatic heterocycles. The van der Waals surface area contributed by atoms with Crippen molar-refractivity contribution in [3.63, 3.8) is 0 Å². The van der Waals surface area contributed by atoms with E-state index in [0.717, 1.165) is 26.2 Å². The van der Waals surface area contributed by atoms with Crippen LogP contribution in [0.1, 0.15) is 22.4 Å². The number of rotatable bonds is 7. The molecule has 0 fully saturated rings. The summed E-state index contributed by atoms with van der Waals surface area (Å²) in [5, 5.41) is 7.85.